The Morgan fingerprint density at radius 2 is 2.10 bits per heavy atom. The molecule has 1 aromatic rings. The molecule has 0 aliphatic carbocycles. The highest BCUT2D eigenvalue weighted by Gasteiger charge is 2.13. The zero-order chi connectivity index (χ0) is 7.78. The molecular weight excluding hydrogens is 156 g/mol. The van der Waals surface area contributed by atoms with Crippen molar-refractivity contribution < 1.29 is 12.9 Å². The van der Waals surface area contributed by atoms with Crippen LogP contribution in [-0.2, 0) is 9.84 Å². The molecule has 0 bridgehead atoms. The van der Waals surface area contributed by atoms with Gasteiger partial charge in [0.2, 0.25) is 15.7 Å². The molecular formula is C4H6N2O3S. The van der Waals surface area contributed by atoms with E-state index in [4.69, 9.17) is 0 Å². The van der Waals surface area contributed by atoms with E-state index in [1.807, 2.05) is 0 Å². The molecule has 1 heterocycles. The first kappa shape index (κ1) is 7.20. The Bertz CT molecular complexity index is 326. The summed E-state index contributed by atoms with van der Waals surface area (Å²) in [5, 5.41) is 2.95. The van der Waals surface area contributed by atoms with E-state index < -0.39 is 9.84 Å². The molecule has 0 radical (unpaired) electrons. The van der Waals surface area contributed by atoms with Crippen molar-refractivity contribution in [2.24, 2.45) is 0 Å². The Hall–Kier alpha value is -0.910. The van der Waals surface area contributed by atoms with Crippen molar-refractivity contribution in [1.82, 2.24) is 10.1 Å². The van der Waals surface area contributed by atoms with E-state index in [0.717, 1.165) is 6.26 Å². The summed E-state index contributed by atoms with van der Waals surface area (Å²) >= 11 is 0. The molecule has 0 N–H and O–H groups in total. The minimum Gasteiger partial charge on any atom is -0.339 e. The van der Waals surface area contributed by atoms with Crippen LogP contribution >= 0.6 is 0 Å². The first-order valence-electron chi connectivity index (χ1n) is 2.50. The molecule has 0 aliphatic rings. The first-order valence-corrected chi connectivity index (χ1v) is 4.39. The van der Waals surface area contributed by atoms with Gasteiger partial charge in [0.05, 0.1) is 0 Å². The summed E-state index contributed by atoms with van der Waals surface area (Å²) < 4.78 is 25.8. The van der Waals surface area contributed by atoms with Crippen LogP contribution in [0.2, 0.25) is 0 Å². The molecule has 0 saturated carbocycles. The highest BCUT2D eigenvalue weighted by atomic mass is 32.2. The van der Waals surface area contributed by atoms with Gasteiger partial charge in [0.15, 0.2) is 0 Å². The number of sulfone groups is 1. The highest BCUT2D eigenvalue weighted by molar-refractivity contribution is 7.90. The Kier molecular flexibility index (Phi) is 1.47. The second kappa shape index (κ2) is 2.05. The second-order valence-electron chi connectivity index (χ2n) is 1.87. The largest absolute Gasteiger partial charge is 0.339 e. The lowest BCUT2D eigenvalue weighted by molar-refractivity contribution is 0.379. The fraction of sp³-hybridized carbons (Fsp3) is 0.500. The quantitative estimate of drug-likeness (QED) is 0.570. The molecule has 0 amide bonds. The summed E-state index contributed by atoms with van der Waals surface area (Å²) in [7, 11) is -3.30. The van der Waals surface area contributed by atoms with Crippen molar-refractivity contribution >= 4 is 9.84 Å². The third-order valence-electron chi connectivity index (χ3n) is 0.841. The van der Waals surface area contributed by atoms with Crippen molar-refractivity contribution in [1.29, 1.82) is 0 Å². The Labute approximate surface area is 58.0 Å². The van der Waals surface area contributed by atoms with Gasteiger partial charge in [-0.3, -0.25) is 0 Å². The minimum absolute atomic E-state index is 0.250. The van der Waals surface area contributed by atoms with E-state index in [9.17, 15) is 8.42 Å². The van der Waals surface area contributed by atoms with Gasteiger partial charge in [-0.05, 0) is 5.16 Å². The monoisotopic (exact) mass is 162 g/mol. The van der Waals surface area contributed by atoms with Gasteiger partial charge >= 0.3 is 0 Å². The van der Waals surface area contributed by atoms with Crippen molar-refractivity contribution in [3.8, 4) is 0 Å². The van der Waals surface area contributed by atoms with Crippen molar-refractivity contribution in [2.45, 2.75) is 12.1 Å². The van der Waals surface area contributed by atoms with Crippen LogP contribution in [0, 0.1) is 6.92 Å². The molecule has 0 spiro atoms. The second-order valence-corrected chi connectivity index (χ2v) is 3.78. The minimum atomic E-state index is -3.30. The molecule has 0 unspecified atom stereocenters. The van der Waals surface area contributed by atoms with E-state index in [-0.39, 0.29) is 11.0 Å². The van der Waals surface area contributed by atoms with Gasteiger partial charge in [-0.1, -0.05) is 0 Å². The summed E-state index contributed by atoms with van der Waals surface area (Å²) in [6.45, 7) is 1.53. The van der Waals surface area contributed by atoms with Gasteiger partial charge in [0.1, 0.15) is 0 Å². The zero-order valence-corrected chi connectivity index (χ0v) is 6.34. The Morgan fingerprint density at radius 3 is 2.30 bits per heavy atom. The van der Waals surface area contributed by atoms with Crippen LogP contribution in [0.15, 0.2) is 9.68 Å². The number of nitrogens with zero attached hydrogens (tertiary/aromatic N) is 2. The third-order valence-corrected chi connectivity index (χ3v) is 1.67. The summed E-state index contributed by atoms with van der Waals surface area (Å²) in [5.41, 5.74) is 0. The fourth-order valence-electron chi connectivity index (χ4n) is 0.431. The molecule has 0 fully saturated rings. The number of aromatic nitrogens is 2. The lowest BCUT2D eigenvalue weighted by Gasteiger charge is -1.81. The highest BCUT2D eigenvalue weighted by Crippen LogP contribution is 2.01. The summed E-state index contributed by atoms with van der Waals surface area (Å²) in [4.78, 5) is 3.52. The predicted octanol–water partition coefficient (Wildman–Crippen LogP) is -0.218. The van der Waals surface area contributed by atoms with Crippen LogP contribution < -0.4 is 0 Å². The molecule has 1 aromatic heterocycles. The number of aryl methyl sites for hydroxylation is 1. The molecule has 1 rings (SSSR count). The van der Waals surface area contributed by atoms with E-state index in [2.05, 4.69) is 14.7 Å². The van der Waals surface area contributed by atoms with E-state index >= 15 is 0 Å². The average molecular weight is 162 g/mol. The van der Waals surface area contributed by atoms with Gasteiger partial charge < -0.3 is 4.52 Å². The third kappa shape index (κ3) is 1.32. The van der Waals surface area contributed by atoms with E-state index in [0.29, 0.717) is 0 Å². The summed E-state index contributed by atoms with van der Waals surface area (Å²) in [5.74, 6) is 0.250. The zero-order valence-electron chi connectivity index (χ0n) is 5.53. The van der Waals surface area contributed by atoms with Crippen LogP contribution in [0.5, 0.6) is 0 Å². The van der Waals surface area contributed by atoms with Gasteiger partial charge in [-0.2, -0.15) is 4.98 Å². The first-order chi connectivity index (χ1) is 4.50. The normalized spacial score (nSPS) is 11.8. The van der Waals surface area contributed by atoms with Crippen LogP contribution in [0.1, 0.15) is 5.89 Å². The lowest BCUT2D eigenvalue weighted by Crippen LogP contribution is -1.98. The SMILES string of the molecule is Cc1nc(S(C)(=O)=O)no1. The van der Waals surface area contributed by atoms with Gasteiger partial charge in [0, 0.05) is 13.2 Å². The molecule has 0 aromatic carbocycles. The van der Waals surface area contributed by atoms with Crippen LogP contribution in [0.3, 0.4) is 0 Å². The average Bonchev–Trinajstić information content (AvgIpc) is 2.11. The predicted molar refractivity (Wildman–Crippen MR) is 32.1 cm³/mol. The molecule has 0 aliphatic heterocycles. The molecule has 5 nitrogen and oxygen atoms in total. The van der Waals surface area contributed by atoms with E-state index in [1.165, 1.54) is 6.92 Å². The molecule has 6 heteroatoms. The molecule has 0 atom stereocenters. The van der Waals surface area contributed by atoms with Crippen molar-refractivity contribution in [3.05, 3.63) is 5.89 Å². The van der Waals surface area contributed by atoms with Gasteiger partial charge in [-0.25, -0.2) is 8.42 Å². The van der Waals surface area contributed by atoms with Crippen molar-refractivity contribution in [3.63, 3.8) is 0 Å². The van der Waals surface area contributed by atoms with Crippen LogP contribution in [0.25, 0.3) is 0 Å². The van der Waals surface area contributed by atoms with Crippen LogP contribution in [-0.4, -0.2) is 24.8 Å². The van der Waals surface area contributed by atoms with E-state index in [1.54, 1.807) is 0 Å². The number of hydrogen-bond donors (Lipinski definition) is 0. The standard InChI is InChI=1S/C4H6N2O3S/c1-3-5-4(6-9-3)10(2,7)8/h1-2H3. The smallest absolute Gasteiger partial charge is 0.287 e. The van der Waals surface area contributed by atoms with Gasteiger partial charge in [-0.15, -0.1) is 0 Å². The summed E-state index contributed by atoms with van der Waals surface area (Å²) in [6.07, 6.45) is 1.03. The lowest BCUT2D eigenvalue weighted by atomic mass is 10.8. The van der Waals surface area contributed by atoms with Gasteiger partial charge in [0.25, 0.3) is 5.16 Å². The molecule has 56 valence electrons. The Morgan fingerprint density at radius 1 is 1.50 bits per heavy atom. The Balaban J connectivity index is 3.21. The summed E-state index contributed by atoms with van der Waals surface area (Å²) in [6, 6.07) is 0. The maximum atomic E-state index is 10.7. The van der Waals surface area contributed by atoms with Crippen LogP contribution in [0.4, 0.5) is 0 Å². The maximum absolute atomic E-state index is 10.7. The molecule has 0 saturated heterocycles. The number of rotatable bonds is 1. The number of hydrogen-bond acceptors (Lipinski definition) is 5. The molecule has 10 heavy (non-hydrogen) atoms. The topological polar surface area (TPSA) is 73.1 Å². The maximum Gasteiger partial charge on any atom is 0.287 e. The van der Waals surface area contributed by atoms with Crippen molar-refractivity contribution in [2.75, 3.05) is 6.26 Å². The fourth-order valence-corrected chi connectivity index (χ4v) is 0.898.